The van der Waals surface area contributed by atoms with Crippen molar-refractivity contribution in [1.29, 1.82) is 0 Å². The molecule has 3 heteroatoms. The molecular weight excluding hydrogens is 255 g/mol. The Morgan fingerprint density at radius 1 is 0.765 bits per heavy atom. The van der Waals surface area contributed by atoms with Gasteiger partial charge in [0.15, 0.2) is 0 Å². The number of hydrogen-bond acceptors (Lipinski definition) is 1. The second-order valence-electron chi connectivity index (χ2n) is 4.09. The van der Waals surface area contributed by atoms with Crippen LogP contribution in [-0.2, 0) is 4.74 Å². The van der Waals surface area contributed by atoms with E-state index >= 15 is 0 Å². The quantitative estimate of drug-likeness (QED) is 0.710. The number of hydrogen-bond donors (Lipinski definition) is 0. The first kappa shape index (κ1) is 11.1. The van der Waals surface area contributed by atoms with E-state index < -0.39 is 0 Å². The van der Waals surface area contributed by atoms with Crippen molar-refractivity contribution < 1.29 is 4.74 Å². The monoisotopic (exact) mass is 264 g/mol. The number of halogens is 2. The molecule has 0 radical (unpaired) electrons. The highest BCUT2D eigenvalue weighted by molar-refractivity contribution is 6.30. The molecule has 2 atom stereocenters. The van der Waals surface area contributed by atoms with Gasteiger partial charge >= 0.3 is 0 Å². The van der Waals surface area contributed by atoms with E-state index in [2.05, 4.69) is 0 Å². The third-order valence-electron chi connectivity index (χ3n) is 2.85. The highest BCUT2D eigenvalue weighted by atomic mass is 35.5. The Balaban J connectivity index is 1.83. The maximum absolute atomic E-state index is 5.96. The third-order valence-corrected chi connectivity index (χ3v) is 3.32. The minimum Gasteiger partial charge on any atom is -0.359 e. The Labute approximate surface area is 110 Å². The summed E-state index contributed by atoms with van der Waals surface area (Å²) in [6.45, 7) is 0. The summed E-state index contributed by atoms with van der Waals surface area (Å²) in [6.07, 6.45) is 0.208. The average Bonchev–Trinajstić information content (AvgIpc) is 3.09. The van der Waals surface area contributed by atoms with Crippen LogP contribution in [0.1, 0.15) is 23.3 Å². The van der Waals surface area contributed by atoms with Crippen LogP contribution in [0.15, 0.2) is 48.5 Å². The molecule has 3 rings (SSSR count). The molecule has 0 aromatic heterocycles. The maximum Gasteiger partial charge on any atom is 0.114 e. The van der Waals surface area contributed by atoms with Crippen molar-refractivity contribution in [2.45, 2.75) is 12.2 Å². The van der Waals surface area contributed by atoms with E-state index in [9.17, 15) is 0 Å². The van der Waals surface area contributed by atoms with E-state index in [0.29, 0.717) is 0 Å². The Hall–Kier alpha value is -1.02. The average molecular weight is 265 g/mol. The van der Waals surface area contributed by atoms with Crippen LogP contribution in [0.4, 0.5) is 0 Å². The third kappa shape index (κ3) is 2.32. The van der Waals surface area contributed by atoms with Gasteiger partial charge in [-0.05, 0) is 35.4 Å². The molecule has 1 saturated heterocycles. The van der Waals surface area contributed by atoms with E-state index in [1.54, 1.807) is 0 Å². The number of rotatable bonds is 2. The molecule has 2 aromatic rings. The summed E-state index contributed by atoms with van der Waals surface area (Å²) in [6, 6.07) is 15.5. The van der Waals surface area contributed by atoms with Crippen molar-refractivity contribution in [2.75, 3.05) is 0 Å². The Kier molecular flexibility index (Phi) is 2.83. The van der Waals surface area contributed by atoms with Crippen LogP contribution < -0.4 is 0 Å². The van der Waals surface area contributed by atoms with Crippen LogP contribution in [0.3, 0.4) is 0 Å². The van der Waals surface area contributed by atoms with Gasteiger partial charge in [-0.2, -0.15) is 0 Å². The summed E-state index contributed by atoms with van der Waals surface area (Å²) < 4.78 is 5.68. The maximum atomic E-state index is 5.96. The van der Waals surface area contributed by atoms with Crippen LogP contribution in [0.5, 0.6) is 0 Å². The molecule has 17 heavy (non-hydrogen) atoms. The largest absolute Gasteiger partial charge is 0.359 e. The molecule has 2 aromatic carbocycles. The molecule has 1 aliphatic rings. The summed E-state index contributed by atoms with van der Waals surface area (Å²) in [5.41, 5.74) is 2.23. The van der Waals surface area contributed by atoms with Crippen molar-refractivity contribution in [1.82, 2.24) is 0 Å². The van der Waals surface area contributed by atoms with Gasteiger partial charge in [0.2, 0.25) is 0 Å². The molecule has 0 bridgehead atoms. The lowest BCUT2D eigenvalue weighted by Gasteiger charge is -1.98. The number of ether oxygens (including phenoxy) is 1. The summed E-state index contributed by atoms with van der Waals surface area (Å²) in [4.78, 5) is 0. The second-order valence-corrected chi connectivity index (χ2v) is 4.96. The fourth-order valence-electron chi connectivity index (χ4n) is 1.99. The molecule has 86 valence electrons. The molecule has 0 unspecified atom stereocenters. The van der Waals surface area contributed by atoms with Crippen molar-refractivity contribution in [3.63, 3.8) is 0 Å². The number of epoxide rings is 1. The molecule has 1 heterocycles. The summed E-state index contributed by atoms with van der Waals surface area (Å²) in [5.74, 6) is 0. The number of benzene rings is 2. The lowest BCUT2D eigenvalue weighted by Crippen LogP contribution is -1.84. The van der Waals surface area contributed by atoms with Crippen molar-refractivity contribution in [3.05, 3.63) is 69.7 Å². The Morgan fingerprint density at radius 3 is 1.65 bits per heavy atom. The predicted octanol–water partition coefficient (Wildman–Crippen LogP) is 4.81. The molecule has 0 amide bonds. The molecule has 1 aliphatic heterocycles. The van der Waals surface area contributed by atoms with Crippen molar-refractivity contribution >= 4 is 23.2 Å². The smallest absolute Gasteiger partial charge is 0.114 e. The predicted molar refractivity (Wildman–Crippen MR) is 69.5 cm³/mol. The van der Waals surface area contributed by atoms with Crippen LogP contribution in [0, 0.1) is 0 Å². The van der Waals surface area contributed by atoms with Gasteiger partial charge in [0.05, 0.1) is 0 Å². The van der Waals surface area contributed by atoms with Gasteiger partial charge in [-0.25, -0.2) is 0 Å². The van der Waals surface area contributed by atoms with Gasteiger partial charge in [-0.3, -0.25) is 0 Å². The molecule has 0 aliphatic carbocycles. The molecule has 1 fully saturated rings. The van der Waals surface area contributed by atoms with Gasteiger partial charge in [-0.15, -0.1) is 0 Å². The van der Waals surface area contributed by atoms with Crippen molar-refractivity contribution in [3.8, 4) is 0 Å². The van der Waals surface area contributed by atoms with Crippen molar-refractivity contribution in [2.24, 2.45) is 0 Å². The zero-order valence-corrected chi connectivity index (χ0v) is 10.4. The van der Waals surface area contributed by atoms with E-state index in [-0.39, 0.29) is 12.2 Å². The fraction of sp³-hybridized carbons (Fsp3) is 0.143. The fourth-order valence-corrected chi connectivity index (χ4v) is 2.38. The zero-order chi connectivity index (χ0) is 11.8. The van der Waals surface area contributed by atoms with Crippen LogP contribution >= 0.6 is 23.2 Å². The van der Waals surface area contributed by atoms with Gasteiger partial charge in [0.25, 0.3) is 0 Å². The topological polar surface area (TPSA) is 12.5 Å². The molecule has 0 N–H and O–H groups in total. The standard InChI is InChI=1S/C14H10Cl2O/c15-11-5-1-3-9(7-11)13-14(17-13)10-4-2-6-12(16)8-10/h1-8,13-14H/t13-,14-/m0/s1. The summed E-state index contributed by atoms with van der Waals surface area (Å²) >= 11 is 11.9. The minimum absolute atomic E-state index is 0.104. The van der Waals surface area contributed by atoms with Gasteiger partial charge in [0, 0.05) is 10.0 Å². The van der Waals surface area contributed by atoms with Gasteiger partial charge < -0.3 is 4.74 Å². The highest BCUT2D eigenvalue weighted by Gasteiger charge is 2.41. The van der Waals surface area contributed by atoms with Gasteiger partial charge in [0.1, 0.15) is 12.2 Å². The molecular formula is C14H10Cl2O. The molecule has 0 saturated carbocycles. The molecule has 0 spiro atoms. The van der Waals surface area contributed by atoms with E-state index in [1.165, 1.54) is 0 Å². The minimum atomic E-state index is 0.104. The second kappa shape index (κ2) is 4.34. The first-order valence-electron chi connectivity index (χ1n) is 5.40. The van der Waals surface area contributed by atoms with Crippen LogP contribution in [0.25, 0.3) is 0 Å². The summed E-state index contributed by atoms with van der Waals surface area (Å²) in [7, 11) is 0. The molecule has 1 nitrogen and oxygen atoms in total. The lowest BCUT2D eigenvalue weighted by molar-refractivity contribution is 0.377. The van der Waals surface area contributed by atoms with E-state index in [1.807, 2.05) is 48.5 Å². The Morgan fingerprint density at radius 2 is 1.24 bits per heavy atom. The van der Waals surface area contributed by atoms with Crippen LogP contribution in [0.2, 0.25) is 10.0 Å². The lowest BCUT2D eigenvalue weighted by atomic mass is 10.0. The SMILES string of the molecule is Clc1cccc([C@@H]2O[C@H]2c2cccc(Cl)c2)c1. The normalized spacial score (nSPS) is 22.5. The van der Waals surface area contributed by atoms with Crippen LogP contribution in [-0.4, -0.2) is 0 Å². The first-order valence-corrected chi connectivity index (χ1v) is 6.16. The summed E-state index contributed by atoms with van der Waals surface area (Å²) in [5, 5.41) is 1.48. The zero-order valence-electron chi connectivity index (χ0n) is 8.94. The van der Waals surface area contributed by atoms with E-state index in [4.69, 9.17) is 27.9 Å². The highest BCUT2D eigenvalue weighted by Crippen LogP contribution is 2.51. The first-order chi connectivity index (χ1) is 8.24. The van der Waals surface area contributed by atoms with Gasteiger partial charge in [-0.1, -0.05) is 47.5 Å². The Bertz CT molecular complexity index is 504. The van der Waals surface area contributed by atoms with E-state index in [0.717, 1.165) is 21.2 Å².